The molecule has 4 rings (SSSR count). The average Bonchev–Trinajstić information content (AvgIpc) is 3.34. The van der Waals surface area contributed by atoms with Gasteiger partial charge in [0.25, 0.3) is 0 Å². The minimum Gasteiger partial charge on any atom is -0.496 e. The Morgan fingerprint density at radius 2 is 2.15 bits per heavy atom. The number of amides is 1. The molecule has 0 aliphatic carbocycles. The third-order valence-corrected chi connectivity index (χ3v) is 5.36. The number of ether oxygens (including phenoxy) is 1. The highest BCUT2D eigenvalue weighted by Crippen LogP contribution is 2.30. The molecule has 3 aromatic rings. The first-order valence-electron chi connectivity index (χ1n) is 9.19. The van der Waals surface area contributed by atoms with Gasteiger partial charge < -0.3 is 15.4 Å². The van der Waals surface area contributed by atoms with Crippen molar-refractivity contribution < 1.29 is 9.53 Å². The molecule has 0 spiro atoms. The standard InChI is InChI=1S/C21H24N4O2/c1-25-13-15(9-24-25)17-10-22-11-19(17)21(26)23-12-18-16-6-4-3-5-14(16)7-8-20(18)27-2/h3-9,13,17,19,22H,10-12H2,1-2H3,(H,23,26)/t17-,19+/m1/s1. The molecule has 6 nitrogen and oxygen atoms in total. The summed E-state index contributed by atoms with van der Waals surface area (Å²) in [5, 5.41) is 13.0. The fourth-order valence-electron chi connectivity index (χ4n) is 3.93. The maximum Gasteiger partial charge on any atom is 0.225 e. The molecule has 1 aliphatic rings. The molecule has 140 valence electrons. The van der Waals surface area contributed by atoms with E-state index in [1.807, 2.05) is 43.7 Å². The van der Waals surface area contributed by atoms with Crippen molar-refractivity contribution in [1.29, 1.82) is 0 Å². The van der Waals surface area contributed by atoms with Crippen LogP contribution in [0.15, 0.2) is 48.8 Å². The Labute approximate surface area is 158 Å². The van der Waals surface area contributed by atoms with Gasteiger partial charge in [0, 0.05) is 44.4 Å². The van der Waals surface area contributed by atoms with Crippen LogP contribution in [-0.4, -0.2) is 35.9 Å². The van der Waals surface area contributed by atoms with E-state index in [1.165, 1.54) is 0 Å². The van der Waals surface area contributed by atoms with Crippen molar-refractivity contribution in [2.45, 2.75) is 12.5 Å². The Hall–Kier alpha value is -2.86. The van der Waals surface area contributed by atoms with Gasteiger partial charge in [0.15, 0.2) is 0 Å². The number of carbonyl (C=O) groups excluding carboxylic acids is 1. The molecule has 0 saturated carbocycles. The molecule has 0 bridgehead atoms. The van der Waals surface area contributed by atoms with Crippen LogP contribution < -0.4 is 15.4 Å². The number of rotatable bonds is 5. The first-order chi connectivity index (χ1) is 13.2. The number of nitrogens with one attached hydrogen (secondary N) is 2. The number of benzene rings is 2. The minimum absolute atomic E-state index is 0.0591. The molecular weight excluding hydrogens is 340 g/mol. The molecule has 1 aliphatic heterocycles. The van der Waals surface area contributed by atoms with Gasteiger partial charge in [-0.1, -0.05) is 30.3 Å². The molecule has 2 atom stereocenters. The zero-order valence-corrected chi connectivity index (χ0v) is 15.6. The molecule has 1 saturated heterocycles. The summed E-state index contributed by atoms with van der Waals surface area (Å²) in [7, 11) is 3.56. The summed E-state index contributed by atoms with van der Waals surface area (Å²) < 4.78 is 7.31. The lowest BCUT2D eigenvalue weighted by Gasteiger charge is -2.18. The van der Waals surface area contributed by atoms with Gasteiger partial charge in [0.1, 0.15) is 5.75 Å². The number of methoxy groups -OCH3 is 1. The third kappa shape index (κ3) is 3.40. The summed E-state index contributed by atoms with van der Waals surface area (Å²) in [4.78, 5) is 12.9. The average molecular weight is 364 g/mol. The fraction of sp³-hybridized carbons (Fsp3) is 0.333. The van der Waals surface area contributed by atoms with Crippen molar-refractivity contribution in [3.63, 3.8) is 0 Å². The number of hydrogen-bond acceptors (Lipinski definition) is 4. The highest BCUT2D eigenvalue weighted by Gasteiger charge is 2.34. The van der Waals surface area contributed by atoms with Crippen LogP contribution in [0.3, 0.4) is 0 Å². The van der Waals surface area contributed by atoms with Crippen LogP contribution in [0, 0.1) is 5.92 Å². The van der Waals surface area contributed by atoms with Crippen LogP contribution >= 0.6 is 0 Å². The predicted octanol–water partition coefficient (Wildman–Crippen LogP) is 2.20. The molecule has 6 heteroatoms. The largest absolute Gasteiger partial charge is 0.496 e. The van der Waals surface area contributed by atoms with Gasteiger partial charge >= 0.3 is 0 Å². The van der Waals surface area contributed by atoms with Crippen molar-refractivity contribution >= 4 is 16.7 Å². The topological polar surface area (TPSA) is 68.2 Å². The van der Waals surface area contributed by atoms with Crippen molar-refractivity contribution in [1.82, 2.24) is 20.4 Å². The summed E-state index contributed by atoms with van der Waals surface area (Å²) in [6.07, 6.45) is 3.84. The number of carbonyl (C=O) groups is 1. The van der Waals surface area contributed by atoms with E-state index in [4.69, 9.17) is 4.74 Å². The smallest absolute Gasteiger partial charge is 0.225 e. The lowest BCUT2D eigenvalue weighted by atomic mass is 9.90. The molecule has 0 radical (unpaired) electrons. The maximum absolute atomic E-state index is 12.9. The molecule has 27 heavy (non-hydrogen) atoms. The Morgan fingerprint density at radius 3 is 2.93 bits per heavy atom. The summed E-state index contributed by atoms with van der Waals surface area (Å²) in [5.74, 6) is 0.898. The first kappa shape index (κ1) is 17.5. The van der Waals surface area contributed by atoms with E-state index in [1.54, 1.807) is 11.8 Å². The second kappa shape index (κ2) is 7.40. The summed E-state index contributed by atoms with van der Waals surface area (Å²) in [6, 6.07) is 12.2. The summed E-state index contributed by atoms with van der Waals surface area (Å²) >= 11 is 0. The number of fused-ring (bicyclic) bond motifs is 1. The van der Waals surface area contributed by atoms with E-state index in [9.17, 15) is 4.79 Å². The quantitative estimate of drug-likeness (QED) is 0.728. The normalized spacial score (nSPS) is 19.3. The van der Waals surface area contributed by atoms with Crippen molar-refractivity contribution in [2.24, 2.45) is 13.0 Å². The van der Waals surface area contributed by atoms with Gasteiger partial charge in [-0.15, -0.1) is 0 Å². The molecule has 2 N–H and O–H groups in total. The Kier molecular flexibility index (Phi) is 4.81. The van der Waals surface area contributed by atoms with Crippen LogP contribution in [0.1, 0.15) is 17.0 Å². The van der Waals surface area contributed by atoms with E-state index in [0.717, 1.165) is 34.2 Å². The SMILES string of the molecule is COc1ccc2ccccc2c1CNC(=O)[C@H]1CNC[C@@H]1c1cnn(C)c1. The van der Waals surface area contributed by atoms with Gasteiger partial charge in [-0.2, -0.15) is 5.10 Å². The maximum atomic E-state index is 12.9. The van der Waals surface area contributed by atoms with E-state index >= 15 is 0 Å². The lowest BCUT2D eigenvalue weighted by molar-refractivity contribution is -0.125. The van der Waals surface area contributed by atoms with E-state index in [0.29, 0.717) is 13.1 Å². The van der Waals surface area contributed by atoms with Crippen LogP contribution in [0.25, 0.3) is 10.8 Å². The van der Waals surface area contributed by atoms with Crippen molar-refractivity contribution in [3.8, 4) is 5.75 Å². The Balaban J connectivity index is 1.53. The highest BCUT2D eigenvalue weighted by atomic mass is 16.5. The third-order valence-electron chi connectivity index (χ3n) is 5.36. The number of nitrogens with zero attached hydrogens (tertiary/aromatic N) is 2. The zero-order chi connectivity index (χ0) is 18.8. The second-order valence-electron chi connectivity index (χ2n) is 7.00. The first-order valence-corrected chi connectivity index (χ1v) is 9.19. The van der Waals surface area contributed by atoms with E-state index in [2.05, 4.69) is 27.9 Å². The summed E-state index contributed by atoms with van der Waals surface area (Å²) in [6.45, 7) is 1.92. The van der Waals surface area contributed by atoms with Crippen LogP contribution in [-0.2, 0) is 18.4 Å². The van der Waals surface area contributed by atoms with Gasteiger partial charge in [-0.3, -0.25) is 9.48 Å². The van der Waals surface area contributed by atoms with Gasteiger partial charge in [0.2, 0.25) is 5.91 Å². The van der Waals surface area contributed by atoms with Gasteiger partial charge in [0.05, 0.1) is 19.2 Å². The number of aryl methyl sites for hydroxylation is 1. The number of aromatic nitrogens is 2. The Morgan fingerprint density at radius 1 is 1.30 bits per heavy atom. The molecule has 0 unspecified atom stereocenters. The minimum atomic E-state index is -0.102. The van der Waals surface area contributed by atoms with E-state index in [-0.39, 0.29) is 17.7 Å². The molecule has 1 fully saturated rings. The molecular formula is C21H24N4O2. The zero-order valence-electron chi connectivity index (χ0n) is 15.6. The molecule has 2 heterocycles. The van der Waals surface area contributed by atoms with Crippen molar-refractivity contribution in [2.75, 3.05) is 20.2 Å². The van der Waals surface area contributed by atoms with Gasteiger partial charge in [-0.05, 0) is 22.4 Å². The summed E-state index contributed by atoms with van der Waals surface area (Å²) in [5.41, 5.74) is 2.11. The molecule has 1 aromatic heterocycles. The predicted molar refractivity (Wildman–Crippen MR) is 105 cm³/mol. The molecule has 2 aromatic carbocycles. The van der Waals surface area contributed by atoms with Crippen molar-refractivity contribution in [3.05, 3.63) is 59.9 Å². The van der Waals surface area contributed by atoms with Crippen LogP contribution in [0.5, 0.6) is 5.75 Å². The Bertz CT molecular complexity index is 966. The van der Waals surface area contributed by atoms with Gasteiger partial charge in [-0.25, -0.2) is 0 Å². The molecule has 1 amide bonds. The van der Waals surface area contributed by atoms with Crippen LogP contribution in [0.2, 0.25) is 0 Å². The number of hydrogen-bond donors (Lipinski definition) is 2. The monoisotopic (exact) mass is 364 g/mol. The second-order valence-corrected chi connectivity index (χ2v) is 7.00. The highest BCUT2D eigenvalue weighted by molar-refractivity contribution is 5.88. The fourth-order valence-corrected chi connectivity index (χ4v) is 3.93. The van der Waals surface area contributed by atoms with Crippen LogP contribution in [0.4, 0.5) is 0 Å². The van der Waals surface area contributed by atoms with E-state index < -0.39 is 0 Å². The lowest BCUT2D eigenvalue weighted by Crippen LogP contribution is -2.34.